The first kappa shape index (κ1) is 18.2. The molecule has 2 fully saturated rings. The number of benzene rings is 1. The van der Waals surface area contributed by atoms with E-state index >= 15 is 0 Å². The molecule has 23 heavy (non-hydrogen) atoms. The molecule has 2 heterocycles. The highest BCUT2D eigenvalue weighted by Crippen LogP contribution is 2.35. The molecule has 2 unspecified atom stereocenters. The molecule has 6 heteroatoms. The minimum atomic E-state index is 0. The molecular weight excluding hydrogens is 316 g/mol. The van der Waals surface area contributed by atoms with Crippen LogP contribution >= 0.6 is 12.4 Å². The lowest BCUT2D eigenvalue weighted by molar-refractivity contribution is 0.242. The molecule has 5 nitrogen and oxygen atoms in total. The molecule has 2 bridgehead atoms. The van der Waals surface area contributed by atoms with Gasteiger partial charge in [0.1, 0.15) is 17.2 Å². The van der Waals surface area contributed by atoms with Crippen molar-refractivity contribution in [3.63, 3.8) is 0 Å². The van der Waals surface area contributed by atoms with E-state index in [4.69, 9.17) is 14.2 Å². The molecule has 0 aromatic heterocycles. The van der Waals surface area contributed by atoms with E-state index in [-0.39, 0.29) is 12.4 Å². The van der Waals surface area contributed by atoms with Crippen LogP contribution in [0, 0.1) is 0 Å². The van der Waals surface area contributed by atoms with Crippen LogP contribution in [0.15, 0.2) is 12.1 Å². The van der Waals surface area contributed by atoms with E-state index in [1.807, 2.05) is 12.1 Å². The van der Waals surface area contributed by atoms with E-state index < -0.39 is 0 Å². The number of ether oxygens (including phenoxy) is 3. The third-order valence-electron chi connectivity index (χ3n) is 4.81. The van der Waals surface area contributed by atoms with Crippen molar-refractivity contribution in [3.8, 4) is 17.2 Å². The maximum Gasteiger partial charge on any atom is 0.130 e. The topological polar surface area (TPSA) is 43.0 Å². The van der Waals surface area contributed by atoms with Crippen LogP contribution in [0.4, 0.5) is 0 Å². The van der Waals surface area contributed by atoms with Gasteiger partial charge in [-0.15, -0.1) is 12.4 Å². The second-order valence-corrected chi connectivity index (χ2v) is 6.17. The average molecular weight is 343 g/mol. The van der Waals surface area contributed by atoms with Crippen LogP contribution in [-0.4, -0.2) is 51.4 Å². The summed E-state index contributed by atoms with van der Waals surface area (Å²) in [6, 6.07) is 5.19. The standard InChI is InChI=1S/C17H26N2O3.ClH/c1-20-14-8-16(21-2)15(17(9-14)22-3)11-19-7-6-12-4-5-13(10-19)18-12;/h8-9,12-13,18H,4-7,10-11H2,1-3H3;1H. The second kappa shape index (κ2) is 8.08. The van der Waals surface area contributed by atoms with Crippen molar-refractivity contribution in [1.82, 2.24) is 10.2 Å². The molecule has 0 spiro atoms. The zero-order valence-electron chi connectivity index (χ0n) is 14.1. The second-order valence-electron chi connectivity index (χ2n) is 6.17. The Bertz CT molecular complexity index is 502. The van der Waals surface area contributed by atoms with Crippen molar-refractivity contribution >= 4 is 12.4 Å². The summed E-state index contributed by atoms with van der Waals surface area (Å²) in [5, 5.41) is 3.72. The molecule has 2 aliphatic heterocycles. The van der Waals surface area contributed by atoms with Gasteiger partial charge in [-0.05, 0) is 19.3 Å². The summed E-state index contributed by atoms with van der Waals surface area (Å²) in [4.78, 5) is 2.50. The Labute approximate surface area is 144 Å². The van der Waals surface area contributed by atoms with Crippen LogP contribution in [0.25, 0.3) is 0 Å². The van der Waals surface area contributed by atoms with Crippen molar-refractivity contribution < 1.29 is 14.2 Å². The Hall–Kier alpha value is -1.17. The highest BCUT2D eigenvalue weighted by molar-refractivity contribution is 5.85. The van der Waals surface area contributed by atoms with E-state index in [1.54, 1.807) is 21.3 Å². The molecule has 1 aromatic carbocycles. The molecule has 0 saturated carbocycles. The Morgan fingerprint density at radius 1 is 1.00 bits per heavy atom. The van der Waals surface area contributed by atoms with Crippen molar-refractivity contribution in [2.24, 2.45) is 0 Å². The third-order valence-corrected chi connectivity index (χ3v) is 4.81. The van der Waals surface area contributed by atoms with Gasteiger partial charge in [0.15, 0.2) is 0 Å². The molecule has 0 radical (unpaired) electrons. The summed E-state index contributed by atoms with van der Waals surface area (Å²) in [5.74, 6) is 2.42. The predicted octanol–water partition coefficient (Wildman–Crippen LogP) is 2.46. The van der Waals surface area contributed by atoms with Gasteiger partial charge >= 0.3 is 0 Å². The van der Waals surface area contributed by atoms with Crippen LogP contribution in [-0.2, 0) is 6.54 Å². The number of hydrogen-bond acceptors (Lipinski definition) is 5. The van der Waals surface area contributed by atoms with Gasteiger partial charge in [0, 0.05) is 43.9 Å². The van der Waals surface area contributed by atoms with Crippen molar-refractivity contribution in [1.29, 1.82) is 0 Å². The first-order chi connectivity index (χ1) is 10.7. The zero-order valence-corrected chi connectivity index (χ0v) is 14.9. The van der Waals surface area contributed by atoms with E-state index in [2.05, 4.69) is 10.2 Å². The summed E-state index contributed by atoms with van der Waals surface area (Å²) in [6.07, 6.45) is 3.84. The molecule has 1 aromatic rings. The minimum absolute atomic E-state index is 0. The quantitative estimate of drug-likeness (QED) is 0.890. The van der Waals surface area contributed by atoms with Crippen LogP contribution in [0.2, 0.25) is 0 Å². The number of likely N-dealkylation sites (tertiary alicyclic amines) is 1. The predicted molar refractivity (Wildman–Crippen MR) is 93.2 cm³/mol. The van der Waals surface area contributed by atoms with Gasteiger partial charge in [-0.1, -0.05) is 0 Å². The Balaban J connectivity index is 0.00000192. The van der Waals surface area contributed by atoms with Gasteiger partial charge in [0.05, 0.1) is 26.9 Å². The van der Waals surface area contributed by atoms with E-state index in [1.165, 1.54) is 19.3 Å². The molecule has 0 amide bonds. The summed E-state index contributed by atoms with van der Waals surface area (Å²) >= 11 is 0. The Morgan fingerprint density at radius 2 is 1.65 bits per heavy atom. The number of nitrogens with zero attached hydrogens (tertiary/aromatic N) is 1. The first-order valence-electron chi connectivity index (χ1n) is 8.00. The Kier molecular flexibility index (Phi) is 6.39. The Morgan fingerprint density at radius 3 is 2.26 bits per heavy atom. The van der Waals surface area contributed by atoms with Gasteiger partial charge in [0.2, 0.25) is 0 Å². The average Bonchev–Trinajstić information content (AvgIpc) is 2.89. The minimum Gasteiger partial charge on any atom is -0.496 e. The SMILES string of the molecule is COc1cc(OC)c(CN2CCC3CCC(C2)N3)c(OC)c1.Cl. The summed E-state index contributed by atoms with van der Waals surface area (Å²) < 4.78 is 16.4. The molecule has 2 saturated heterocycles. The maximum absolute atomic E-state index is 5.56. The van der Waals surface area contributed by atoms with Gasteiger partial charge in [-0.3, -0.25) is 4.90 Å². The highest BCUT2D eigenvalue weighted by atomic mass is 35.5. The molecule has 0 aliphatic carbocycles. The van der Waals surface area contributed by atoms with Gasteiger partial charge in [-0.2, -0.15) is 0 Å². The highest BCUT2D eigenvalue weighted by Gasteiger charge is 2.30. The van der Waals surface area contributed by atoms with Crippen molar-refractivity contribution in [2.45, 2.75) is 37.9 Å². The summed E-state index contributed by atoms with van der Waals surface area (Å²) in [7, 11) is 5.05. The van der Waals surface area contributed by atoms with E-state index in [0.29, 0.717) is 12.1 Å². The van der Waals surface area contributed by atoms with Crippen molar-refractivity contribution in [3.05, 3.63) is 17.7 Å². The largest absolute Gasteiger partial charge is 0.496 e. The summed E-state index contributed by atoms with van der Waals surface area (Å²) in [5.41, 5.74) is 1.10. The number of fused-ring (bicyclic) bond motifs is 2. The van der Waals surface area contributed by atoms with Crippen LogP contribution in [0.1, 0.15) is 24.8 Å². The molecule has 130 valence electrons. The number of hydrogen-bond donors (Lipinski definition) is 1. The van der Waals surface area contributed by atoms with E-state index in [9.17, 15) is 0 Å². The fourth-order valence-electron chi connectivity index (χ4n) is 3.62. The van der Waals surface area contributed by atoms with Crippen LogP contribution in [0.3, 0.4) is 0 Å². The van der Waals surface area contributed by atoms with E-state index in [0.717, 1.165) is 42.4 Å². The lowest BCUT2D eigenvalue weighted by Crippen LogP contribution is -2.35. The zero-order chi connectivity index (χ0) is 15.5. The normalized spacial score (nSPS) is 23.8. The summed E-state index contributed by atoms with van der Waals surface area (Å²) in [6.45, 7) is 3.06. The maximum atomic E-state index is 5.56. The lowest BCUT2D eigenvalue weighted by Gasteiger charge is -2.26. The molecule has 2 atom stereocenters. The van der Waals surface area contributed by atoms with Crippen LogP contribution in [0.5, 0.6) is 17.2 Å². The monoisotopic (exact) mass is 342 g/mol. The first-order valence-corrected chi connectivity index (χ1v) is 8.00. The number of methoxy groups -OCH3 is 3. The van der Waals surface area contributed by atoms with Gasteiger partial charge in [0.25, 0.3) is 0 Å². The third kappa shape index (κ3) is 4.03. The molecule has 3 rings (SSSR count). The fourth-order valence-corrected chi connectivity index (χ4v) is 3.62. The smallest absolute Gasteiger partial charge is 0.130 e. The molecule has 1 N–H and O–H groups in total. The molecule has 2 aliphatic rings. The number of halogens is 1. The number of rotatable bonds is 5. The lowest BCUT2D eigenvalue weighted by atomic mass is 10.1. The van der Waals surface area contributed by atoms with Gasteiger partial charge < -0.3 is 19.5 Å². The fraction of sp³-hybridized carbons (Fsp3) is 0.647. The van der Waals surface area contributed by atoms with Gasteiger partial charge in [-0.25, -0.2) is 0 Å². The number of nitrogens with one attached hydrogen (secondary N) is 1. The van der Waals surface area contributed by atoms with Crippen molar-refractivity contribution in [2.75, 3.05) is 34.4 Å². The molecular formula is C17H27ClN2O3. The van der Waals surface area contributed by atoms with Crippen LogP contribution < -0.4 is 19.5 Å².